The van der Waals surface area contributed by atoms with E-state index in [2.05, 4.69) is 62.7 Å². The topological polar surface area (TPSA) is 40.5 Å². The van der Waals surface area contributed by atoms with Crippen LogP contribution in [0.4, 0.5) is 0 Å². The van der Waals surface area contributed by atoms with Crippen molar-refractivity contribution in [1.29, 1.82) is 0 Å². The van der Waals surface area contributed by atoms with Gasteiger partial charge in [-0.05, 0) is 58.7 Å². The molecule has 138 valence electrons. The molecule has 2 aliphatic rings. The van der Waals surface area contributed by atoms with Crippen LogP contribution in [0.15, 0.2) is 40.6 Å². The Morgan fingerprint density at radius 2 is 1.85 bits per heavy atom. The van der Waals surface area contributed by atoms with Gasteiger partial charge in [0.05, 0.1) is 8.07 Å². The zero-order valence-electron chi connectivity index (χ0n) is 16.4. The summed E-state index contributed by atoms with van der Waals surface area (Å²) in [5, 5.41) is 22.9. The van der Waals surface area contributed by atoms with E-state index in [1.165, 1.54) is 11.1 Å². The first-order chi connectivity index (χ1) is 12.4. The molecule has 3 heteroatoms. The molecule has 2 aliphatic carbocycles. The van der Waals surface area contributed by atoms with Gasteiger partial charge in [0, 0.05) is 6.42 Å². The average Bonchev–Trinajstić information content (AvgIpc) is 2.74. The number of rotatable bonds is 2. The van der Waals surface area contributed by atoms with Gasteiger partial charge < -0.3 is 10.2 Å². The lowest BCUT2D eigenvalue weighted by molar-refractivity contribution is 0.0739. The molecule has 0 aromatic heterocycles. The van der Waals surface area contributed by atoms with Crippen LogP contribution in [-0.4, -0.2) is 30.5 Å². The van der Waals surface area contributed by atoms with Crippen LogP contribution in [0.25, 0.3) is 5.57 Å². The van der Waals surface area contributed by atoms with Crippen molar-refractivity contribution in [2.45, 2.75) is 70.9 Å². The lowest BCUT2D eigenvalue weighted by Crippen LogP contribution is -2.30. The predicted octanol–water partition coefficient (Wildman–Crippen LogP) is 4.49. The Labute approximate surface area is 158 Å². The summed E-state index contributed by atoms with van der Waals surface area (Å²) in [4.78, 5) is 0. The normalized spacial score (nSPS) is 24.4. The lowest BCUT2D eigenvalue weighted by Gasteiger charge is -2.24. The molecule has 2 atom stereocenters. The molecular formula is C23H30O2Si. The second kappa shape index (κ2) is 7.56. The van der Waals surface area contributed by atoms with Crippen LogP contribution in [0.3, 0.4) is 0 Å². The molecule has 0 spiro atoms. The highest BCUT2D eigenvalue weighted by Gasteiger charge is 2.41. The van der Waals surface area contributed by atoms with Crippen molar-refractivity contribution < 1.29 is 10.2 Å². The Bertz CT molecular complexity index is 815. The predicted molar refractivity (Wildman–Crippen MR) is 111 cm³/mol. The van der Waals surface area contributed by atoms with Crippen LogP contribution in [-0.2, 0) is 6.42 Å². The van der Waals surface area contributed by atoms with Crippen LogP contribution in [0, 0.1) is 11.8 Å². The van der Waals surface area contributed by atoms with Crippen molar-refractivity contribution in [1.82, 2.24) is 0 Å². The number of allylic oxidation sites excluding steroid dienone is 1. The van der Waals surface area contributed by atoms with Crippen LogP contribution in [0.2, 0.25) is 19.6 Å². The molecule has 0 fully saturated rings. The first-order valence-electron chi connectivity index (χ1n) is 9.77. The summed E-state index contributed by atoms with van der Waals surface area (Å²) in [5.41, 5.74) is 5.49. The van der Waals surface area contributed by atoms with E-state index in [0.29, 0.717) is 0 Å². The molecule has 3 rings (SSSR count). The summed E-state index contributed by atoms with van der Waals surface area (Å²) in [6.07, 6.45) is 3.10. The second-order valence-electron chi connectivity index (χ2n) is 8.39. The van der Waals surface area contributed by atoms with Gasteiger partial charge in [0.2, 0.25) is 0 Å². The van der Waals surface area contributed by atoms with Gasteiger partial charge in [-0.2, -0.15) is 0 Å². The number of hydrogen-bond acceptors (Lipinski definition) is 2. The zero-order chi connectivity index (χ0) is 18.9. The Balaban J connectivity index is 2.29. The van der Waals surface area contributed by atoms with Crippen LogP contribution >= 0.6 is 0 Å². The average molecular weight is 367 g/mol. The molecule has 0 amide bonds. The number of aliphatic hydroxyl groups excluding tert-OH is 2. The molecule has 26 heavy (non-hydrogen) atoms. The minimum atomic E-state index is -1.79. The first kappa shape index (κ1) is 19.2. The smallest absolute Gasteiger partial charge is 0.110 e. The van der Waals surface area contributed by atoms with E-state index in [1.54, 1.807) is 0 Å². The lowest BCUT2D eigenvalue weighted by atomic mass is 9.93. The molecular weight excluding hydrogens is 336 g/mol. The largest absolute Gasteiger partial charge is 0.386 e. The minimum absolute atomic E-state index is 0.800. The van der Waals surface area contributed by atoms with Gasteiger partial charge in [0.15, 0.2) is 0 Å². The third-order valence-electron chi connectivity index (χ3n) is 5.33. The van der Waals surface area contributed by atoms with Gasteiger partial charge in [-0.1, -0.05) is 62.7 Å². The van der Waals surface area contributed by atoms with Crippen molar-refractivity contribution in [2.24, 2.45) is 0 Å². The monoisotopic (exact) mass is 366 g/mol. The van der Waals surface area contributed by atoms with Gasteiger partial charge >= 0.3 is 0 Å². The summed E-state index contributed by atoms with van der Waals surface area (Å²) >= 11 is 0. The van der Waals surface area contributed by atoms with E-state index < -0.39 is 20.3 Å². The van der Waals surface area contributed by atoms with Crippen molar-refractivity contribution in [2.75, 3.05) is 0 Å². The van der Waals surface area contributed by atoms with Crippen LogP contribution < -0.4 is 0 Å². The van der Waals surface area contributed by atoms with Crippen molar-refractivity contribution >= 4 is 13.6 Å². The number of hydrogen-bond donors (Lipinski definition) is 2. The van der Waals surface area contributed by atoms with Gasteiger partial charge in [0.1, 0.15) is 12.2 Å². The molecule has 0 saturated heterocycles. The van der Waals surface area contributed by atoms with E-state index in [9.17, 15) is 10.2 Å². The molecule has 2 N–H and O–H groups in total. The Morgan fingerprint density at radius 1 is 1.12 bits per heavy atom. The fraction of sp³-hybridized carbons (Fsp3) is 0.478. The fourth-order valence-electron chi connectivity index (χ4n) is 4.07. The Kier molecular flexibility index (Phi) is 5.57. The van der Waals surface area contributed by atoms with Gasteiger partial charge in [0.25, 0.3) is 0 Å². The van der Waals surface area contributed by atoms with E-state index in [1.807, 2.05) is 0 Å². The third-order valence-corrected chi connectivity index (χ3v) is 7.22. The molecule has 1 aromatic rings. The van der Waals surface area contributed by atoms with Crippen molar-refractivity contribution in [3.05, 3.63) is 51.7 Å². The zero-order valence-corrected chi connectivity index (χ0v) is 17.4. The molecule has 2 nitrogen and oxygen atoms in total. The summed E-state index contributed by atoms with van der Waals surface area (Å²) in [7, 11) is -1.79. The number of fused-ring (bicyclic) bond motifs is 2. The van der Waals surface area contributed by atoms with Crippen molar-refractivity contribution in [3.8, 4) is 11.8 Å². The van der Waals surface area contributed by atoms with Gasteiger partial charge in [-0.15, -0.1) is 0 Å². The molecule has 0 unspecified atom stereocenters. The highest BCUT2D eigenvalue weighted by molar-refractivity contribution is 6.84. The summed E-state index contributed by atoms with van der Waals surface area (Å²) in [6, 6.07) is 8.45. The standard InChI is InChI=1S/C23H30O2Si/c1-5-6-7-15-19(26(2,3)4)21-20-17-13-9-8-11-16(17)12-10-14-18(20)22(24)23(21)25/h8-9,11,13,22-25H,5-6,10,12,14H2,1-4H3/b21-19-/t22-,23+/m0/s1. The quantitative estimate of drug-likeness (QED) is 0.598. The van der Waals surface area contributed by atoms with Gasteiger partial charge in [-0.3, -0.25) is 0 Å². The van der Waals surface area contributed by atoms with E-state index in [0.717, 1.165) is 54.0 Å². The minimum Gasteiger partial charge on any atom is -0.386 e. The summed E-state index contributed by atoms with van der Waals surface area (Å²) in [6.45, 7) is 8.95. The molecule has 0 radical (unpaired) electrons. The van der Waals surface area contributed by atoms with E-state index in [-0.39, 0.29) is 0 Å². The molecule has 0 aliphatic heterocycles. The number of unbranched alkanes of at least 4 members (excludes halogenated alkanes) is 1. The second-order valence-corrected chi connectivity index (χ2v) is 13.4. The highest BCUT2D eigenvalue weighted by atomic mass is 28.3. The Morgan fingerprint density at radius 3 is 2.54 bits per heavy atom. The summed E-state index contributed by atoms with van der Waals surface area (Å²) in [5.74, 6) is 6.72. The van der Waals surface area contributed by atoms with E-state index in [4.69, 9.17) is 0 Å². The fourth-order valence-corrected chi connectivity index (χ4v) is 5.61. The van der Waals surface area contributed by atoms with Gasteiger partial charge in [-0.25, -0.2) is 0 Å². The maximum Gasteiger partial charge on any atom is 0.110 e. The Hall–Kier alpha value is -1.60. The molecule has 0 saturated carbocycles. The maximum atomic E-state index is 11.0. The van der Waals surface area contributed by atoms with Crippen LogP contribution in [0.1, 0.15) is 43.7 Å². The van der Waals surface area contributed by atoms with Crippen LogP contribution in [0.5, 0.6) is 0 Å². The van der Waals surface area contributed by atoms with Crippen molar-refractivity contribution in [3.63, 3.8) is 0 Å². The molecule has 0 bridgehead atoms. The highest BCUT2D eigenvalue weighted by Crippen LogP contribution is 2.46. The van der Waals surface area contributed by atoms with E-state index >= 15 is 0 Å². The maximum absolute atomic E-state index is 11.0. The summed E-state index contributed by atoms with van der Waals surface area (Å²) < 4.78 is 0. The SMILES string of the molecule is CCCC#C/C(=C1\C2=C(CCCc3ccccc32)[C@H](O)[C@@H]1O)[Si](C)(C)C. The number of aryl methyl sites for hydroxylation is 1. The molecule has 0 heterocycles. The number of benzene rings is 1. The first-order valence-corrected chi connectivity index (χ1v) is 13.3. The third kappa shape index (κ3) is 3.47. The number of aliphatic hydroxyl groups is 2. The molecule has 1 aromatic carbocycles.